The van der Waals surface area contributed by atoms with Gasteiger partial charge in [-0.15, -0.1) is 4.39 Å². The number of carbonyl (C=O) groups excluding carboxylic acids is 1. The van der Waals surface area contributed by atoms with Crippen molar-refractivity contribution in [2.24, 2.45) is 0 Å². The second-order valence-electron chi connectivity index (χ2n) is 5.05. The second kappa shape index (κ2) is 6.88. The third kappa shape index (κ3) is 2.92. The minimum atomic E-state index is -4.99. The molecule has 2 rings (SSSR count). The summed E-state index contributed by atoms with van der Waals surface area (Å²) >= 11 is 0. The van der Waals surface area contributed by atoms with E-state index in [0.717, 1.165) is 12.1 Å². The van der Waals surface area contributed by atoms with Crippen molar-refractivity contribution in [3.8, 4) is 0 Å². The smallest absolute Gasteiger partial charge is 0.303 e. The summed E-state index contributed by atoms with van der Waals surface area (Å²) in [5.41, 5.74) is 0.0586. The van der Waals surface area contributed by atoms with Gasteiger partial charge in [0.05, 0.1) is 9.82 Å². The normalized spacial score (nSPS) is 15.2. The molecule has 126 valence electrons. The van der Waals surface area contributed by atoms with E-state index in [1.807, 2.05) is 0 Å². The second-order valence-corrected chi connectivity index (χ2v) is 7.10. The van der Waals surface area contributed by atoms with Gasteiger partial charge in [-0.2, -0.15) is 0 Å². The first-order valence-corrected chi connectivity index (χ1v) is 8.45. The molecule has 8 heteroatoms. The van der Waals surface area contributed by atoms with Crippen LogP contribution in [-0.4, -0.2) is 24.8 Å². The number of nitro groups is 1. The Morgan fingerprint density at radius 3 is 2.04 bits per heavy atom. The summed E-state index contributed by atoms with van der Waals surface area (Å²) in [5, 5.41) is 7.60. The van der Waals surface area contributed by atoms with Gasteiger partial charge in [0.2, 0.25) is 0 Å². The Morgan fingerprint density at radius 1 is 1.08 bits per heavy atom. The van der Waals surface area contributed by atoms with Crippen LogP contribution in [0.4, 0.5) is 4.39 Å². The van der Waals surface area contributed by atoms with Crippen LogP contribution in [-0.2, 0) is 14.6 Å². The highest BCUT2D eigenvalue weighted by molar-refractivity contribution is 7.92. The Balaban J connectivity index is 2.69. The maximum Gasteiger partial charge on any atom is 0.469 e. The SMILES string of the molecule is O=CC[C@@H](c1ccccc1)[C@@](F)([N+](=O)[O-])S(=O)(=O)c1ccccc1. The van der Waals surface area contributed by atoms with Crippen LogP contribution >= 0.6 is 0 Å². The fourth-order valence-corrected chi connectivity index (χ4v) is 4.10. The monoisotopic (exact) mass is 351 g/mol. The van der Waals surface area contributed by atoms with Gasteiger partial charge in [0, 0.05) is 6.42 Å². The van der Waals surface area contributed by atoms with Crippen LogP contribution in [0, 0.1) is 10.1 Å². The van der Waals surface area contributed by atoms with Crippen LogP contribution in [0.2, 0.25) is 0 Å². The molecule has 2 atom stereocenters. The number of benzene rings is 2. The van der Waals surface area contributed by atoms with Gasteiger partial charge in [0.25, 0.3) is 9.84 Å². The Morgan fingerprint density at radius 2 is 1.58 bits per heavy atom. The first-order chi connectivity index (χ1) is 11.4. The molecule has 0 heterocycles. The number of aldehydes is 1. The predicted octanol–water partition coefficient (Wildman–Crippen LogP) is 2.73. The Hall–Kier alpha value is -2.61. The van der Waals surface area contributed by atoms with Gasteiger partial charge in [-0.1, -0.05) is 48.5 Å². The lowest BCUT2D eigenvalue weighted by atomic mass is 9.95. The third-order valence-corrected chi connectivity index (χ3v) is 5.72. The van der Waals surface area contributed by atoms with E-state index in [4.69, 9.17) is 0 Å². The number of nitrogens with zero attached hydrogens (tertiary/aromatic N) is 1. The molecule has 0 N–H and O–H groups in total. The molecule has 0 aliphatic heterocycles. The minimum Gasteiger partial charge on any atom is -0.303 e. The van der Waals surface area contributed by atoms with E-state index in [-0.39, 0.29) is 11.8 Å². The fraction of sp³-hybridized carbons (Fsp3) is 0.188. The molecule has 0 bridgehead atoms. The quantitative estimate of drug-likeness (QED) is 0.331. The van der Waals surface area contributed by atoms with E-state index in [1.54, 1.807) is 6.07 Å². The Bertz CT molecular complexity index is 826. The molecule has 0 fully saturated rings. The van der Waals surface area contributed by atoms with Crippen molar-refractivity contribution in [3.05, 3.63) is 76.3 Å². The van der Waals surface area contributed by atoms with Crippen LogP contribution in [0.25, 0.3) is 0 Å². The lowest BCUT2D eigenvalue weighted by Gasteiger charge is -2.25. The number of halogens is 1. The highest BCUT2D eigenvalue weighted by Gasteiger charge is 2.63. The van der Waals surface area contributed by atoms with Crippen LogP contribution in [0.3, 0.4) is 0 Å². The van der Waals surface area contributed by atoms with Gasteiger partial charge in [0.1, 0.15) is 12.2 Å². The zero-order chi connectivity index (χ0) is 17.8. The van der Waals surface area contributed by atoms with Crippen molar-refractivity contribution < 1.29 is 22.5 Å². The molecule has 2 aromatic rings. The van der Waals surface area contributed by atoms with Crippen LogP contribution in [0.15, 0.2) is 65.6 Å². The molecule has 2 aromatic carbocycles. The number of rotatable bonds is 7. The topological polar surface area (TPSA) is 94.3 Å². The molecule has 0 unspecified atom stereocenters. The molecule has 0 aromatic heterocycles. The number of alkyl halides is 1. The Kier molecular flexibility index (Phi) is 5.08. The van der Waals surface area contributed by atoms with E-state index in [1.165, 1.54) is 42.5 Å². The summed E-state index contributed by atoms with van der Waals surface area (Å²) in [4.78, 5) is 20.4. The molecule has 24 heavy (non-hydrogen) atoms. The summed E-state index contributed by atoms with van der Waals surface area (Å²) in [6, 6.07) is 13.6. The summed E-state index contributed by atoms with van der Waals surface area (Å²) < 4.78 is 40.8. The van der Waals surface area contributed by atoms with E-state index >= 15 is 4.39 Å². The fourth-order valence-electron chi connectivity index (χ4n) is 2.45. The molecule has 0 saturated heterocycles. The molecule has 0 amide bonds. The van der Waals surface area contributed by atoms with Crippen molar-refractivity contribution in [1.29, 1.82) is 0 Å². The highest BCUT2D eigenvalue weighted by atomic mass is 32.2. The van der Waals surface area contributed by atoms with Crippen molar-refractivity contribution in [2.45, 2.75) is 22.4 Å². The van der Waals surface area contributed by atoms with Gasteiger partial charge in [0.15, 0.2) is 0 Å². The van der Waals surface area contributed by atoms with Gasteiger partial charge < -0.3 is 4.79 Å². The first-order valence-electron chi connectivity index (χ1n) is 6.97. The number of hydrogen-bond acceptors (Lipinski definition) is 5. The molecule has 6 nitrogen and oxygen atoms in total. The maximum atomic E-state index is 15.5. The van der Waals surface area contributed by atoms with E-state index < -0.39 is 37.1 Å². The van der Waals surface area contributed by atoms with E-state index in [2.05, 4.69) is 0 Å². The van der Waals surface area contributed by atoms with Gasteiger partial charge >= 0.3 is 5.12 Å². The van der Waals surface area contributed by atoms with Crippen molar-refractivity contribution in [1.82, 2.24) is 0 Å². The molecule has 0 radical (unpaired) electrons. The largest absolute Gasteiger partial charge is 0.469 e. The van der Waals surface area contributed by atoms with Gasteiger partial charge in [-0.25, -0.2) is 8.42 Å². The molecule has 0 aliphatic rings. The van der Waals surface area contributed by atoms with Crippen molar-refractivity contribution in [3.63, 3.8) is 0 Å². The third-order valence-electron chi connectivity index (χ3n) is 3.64. The van der Waals surface area contributed by atoms with Crippen molar-refractivity contribution in [2.75, 3.05) is 0 Å². The molecule has 0 spiro atoms. The van der Waals surface area contributed by atoms with Crippen LogP contribution in [0.5, 0.6) is 0 Å². The zero-order valence-corrected chi connectivity index (χ0v) is 13.2. The van der Waals surface area contributed by atoms with Gasteiger partial charge in [-0.3, -0.25) is 10.1 Å². The average molecular weight is 351 g/mol. The first kappa shape index (κ1) is 17.7. The van der Waals surface area contributed by atoms with Crippen LogP contribution in [0.1, 0.15) is 17.9 Å². The highest BCUT2D eigenvalue weighted by Crippen LogP contribution is 2.42. The predicted molar refractivity (Wildman–Crippen MR) is 84.3 cm³/mol. The number of carbonyl (C=O) groups is 1. The molecule has 0 aliphatic carbocycles. The minimum absolute atomic E-state index is 0.0586. The zero-order valence-electron chi connectivity index (χ0n) is 12.4. The summed E-state index contributed by atoms with van der Waals surface area (Å²) in [5.74, 6) is -1.77. The number of sulfone groups is 1. The maximum absolute atomic E-state index is 15.5. The average Bonchev–Trinajstić information content (AvgIpc) is 2.60. The van der Waals surface area contributed by atoms with Crippen molar-refractivity contribution >= 4 is 16.1 Å². The summed E-state index contributed by atoms with van der Waals surface area (Å²) in [6.45, 7) is 0. The molecular formula is C16H14FNO5S. The standard InChI is InChI=1S/C16H14FNO5S/c17-16(18(20)21,24(22,23)14-9-5-2-6-10-14)15(11-12-19)13-7-3-1-4-8-13/h1-10,12,15H,11H2/t15-,16+/m0/s1. The van der Waals surface area contributed by atoms with E-state index in [9.17, 15) is 23.3 Å². The Labute approximate surface area is 138 Å². The summed E-state index contributed by atoms with van der Waals surface area (Å²) in [6.07, 6.45) is -0.371. The number of hydrogen-bond donors (Lipinski definition) is 0. The lowest BCUT2D eigenvalue weighted by molar-refractivity contribution is -0.578. The molecule has 0 saturated carbocycles. The van der Waals surface area contributed by atoms with E-state index in [0.29, 0.717) is 0 Å². The van der Waals surface area contributed by atoms with Crippen LogP contribution < -0.4 is 0 Å². The molecular weight excluding hydrogens is 337 g/mol. The van der Waals surface area contributed by atoms with Gasteiger partial charge in [-0.05, 0) is 17.7 Å². The lowest BCUT2D eigenvalue weighted by Crippen LogP contribution is -2.47. The summed E-state index contributed by atoms with van der Waals surface area (Å²) in [7, 11) is -4.99.